The van der Waals surface area contributed by atoms with Crippen LogP contribution in [0.15, 0.2) is 24.3 Å². The van der Waals surface area contributed by atoms with E-state index in [1.165, 1.54) is 49.7 Å². The SMILES string of the molecule is CCCC1CCC(N)C(Cc2ccc(CC)cc2)C1. The van der Waals surface area contributed by atoms with Gasteiger partial charge in [0.2, 0.25) is 0 Å². The van der Waals surface area contributed by atoms with E-state index < -0.39 is 0 Å². The van der Waals surface area contributed by atoms with Gasteiger partial charge >= 0.3 is 0 Å². The monoisotopic (exact) mass is 259 g/mol. The third kappa shape index (κ3) is 4.07. The summed E-state index contributed by atoms with van der Waals surface area (Å²) in [6, 6.07) is 9.56. The number of aryl methyl sites for hydroxylation is 1. The molecule has 0 heterocycles. The van der Waals surface area contributed by atoms with E-state index in [0.717, 1.165) is 12.3 Å². The zero-order valence-electron chi connectivity index (χ0n) is 12.6. The van der Waals surface area contributed by atoms with Crippen LogP contribution in [0.3, 0.4) is 0 Å². The summed E-state index contributed by atoms with van der Waals surface area (Å²) < 4.78 is 0. The highest BCUT2D eigenvalue weighted by atomic mass is 14.7. The molecule has 0 aromatic heterocycles. The van der Waals surface area contributed by atoms with E-state index in [-0.39, 0.29) is 0 Å². The lowest BCUT2D eigenvalue weighted by molar-refractivity contribution is 0.221. The van der Waals surface area contributed by atoms with Gasteiger partial charge in [-0.1, -0.05) is 51.0 Å². The molecule has 1 aromatic rings. The van der Waals surface area contributed by atoms with Crippen LogP contribution in [0.2, 0.25) is 0 Å². The van der Waals surface area contributed by atoms with Crippen molar-refractivity contribution < 1.29 is 0 Å². The first-order valence-corrected chi connectivity index (χ1v) is 8.06. The lowest BCUT2D eigenvalue weighted by atomic mass is 9.74. The molecule has 1 fully saturated rings. The molecular formula is C18H29N. The van der Waals surface area contributed by atoms with Gasteiger partial charge in [0.25, 0.3) is 0 Å². The summed E-state index contributed by atoms with van der Waals surface area (Å²) in [5.74, 6) is 1.61. The van der Waals surface area contributed by atoms with Crippen LogP contribution in [0.4, 0.5) is 0 Å². The molecule has 1 saturated carbocycles. The van der Waals surface area contributed by atoms with Crippen molar-refractivity contribution in [3.8, 4) is 0 Å². The van der Waals surface area contributed by atoms with Crippen LogP contribution >= 0.6 is 0 Å². The Kier molecular flexibility index (Phi) is 5.45. The quantitative estimate of drug-likeness (QED) is 0.836. The number of rotatable bonds is 5. The topological polar surface area (TPSA) is 26.0 Å². The van der Waals surface area contributed by atoms with E-state index in [9.17, 15) is 0 Å². The fourth-order valence-electron chi connectivity index (χ4n) is 3.50. The molecule has 19 heavy (non-hydrogen) atoms. The van der Waals surface area contributed by atoms with Crippen molar-refractivity contribution in [3.05, 3.63) is 35.4 Å². The molecule has 0 bridgehead atoms. The lowest BCUT2D eigenvalue weighted by Gasteiger charge is -2.34. The first-order chi connectivity index (χ1) is 9.22. The molecular weight excluding hydrogens is 230 g/mol. The van der Waals surface area contributed by atoms with Crippen molar-refractivity contribution in [1.29, 1.82) is 0 Å². The predicted molar refractivity (Wildman–Crippen MR) is 83.2 cm³/mol. The van der Waals surface area contributed by atoms with Crippen LogP contribution in [0.1, 0.15) is 57.1 Å². The van der Waals surface area contributed by atoms with Crippen LogP contribution in [0.5, 0.6) is 0 Å². The second-order valence-electron chi connectivity index (χ2n) is 6.27. The van der Waals surface area contributed by atoms with Gasteiger partial charge in [0.1, 0.15) is 0 Å². The molecule has 0 saturated heterocycles. The molecule has 0 aliphatic heterocycles. The van der Waals surface area contributed by atoms with E-state index in [2.05, 4.69) is 38.1 Å². The Morgan fingerprint density at radius 2 is 1.74 bits per heavy atom. The van der Waals surface area contributed by atoms with Gasteiger partial charge in [0, 0.05) is 6.04 Å². The van der Waals surface area contributed by atoms with E-state index in [1.54, 1.807) is 0 Å². The third-order valence-electron chi connectivity index (χ3n) is 4.78. The fourth-order valence-corrected chi connectivity index (χ4v) is 3.50. The lowest BCUT2D eigenvalue weighted by Crippen LogP contribution is -2.37. The number of hydrogen-bond acceptors (Lipinski definition) is 1. The maximum atomic E-state index is 6.34. The van der Waals surface area contributed by atoms with E-state index >= 15 is 0 Å². The first kappa shape index (κ1) is 14.6. The Labute approximate surface area is 118 Å². The Bertz CT molecular complexity index is 368. The van der Waals surface area contributed by atoms with E-state index in [0.29, 0.717) is 12.0 Å². The fraction of sp³-hybridized carbons (Fsp3) is 0.667. The molecule has 0 amide bonds. The summed E-state index contributed by atoms with van der Waals surface area (Å²) in [6.07, 6.45) is 8.91. The second-order valence-corrected chi connectivity index (χ2v) is 6.27. The Morgan fingerprint density at radius 1 is 1.05 bits per heavy atom. The summed E-state index contributed by atoms with van der Waals surface area (Å²) in [4.78, 5) is 0. The number of hydrogen-bond donors (Lipinski definition) is 1. The van der Waals surface area contributed by atoms with Crippen molar-refractivity contribution in [2.24, 2.45) is 17.6 Å². The molecule has 3 unspecified atom stereocenters. The van der Waals surface area contributed by atoms with Gasteiger partial charge in [-0.25, -0.2) is 0 Å². The van der Waals surface area contributed by atoms with E-state index in [4.69, 9.17) is 5.73 Å². The summed E-state index contributed by atoms with van der Waals surface area (Å²) in [5.41, 5.74) is 9.24. The highest BCUT2D eigenvalue weighted by Crippen LogP contribution is 2.33. The van der Waals surface area contributed by atoms with Gasteiger partial charge in [-0.2, -0.15) is 0 Å². The van der Waals surface area contributed by atoms with Crippen molar-refractivity contribution in [1.82, 2.24) is 0 Å². The Balaban J connectivity index is 1.95. The van der Waals surface area contributed by atoms with Gasteiger partial charge < -0.3 is 5.73 Å². The molecule has 2 N–H and O–H groups in total. The zero-order chi connectivity index (χ0) is 13.7. The summed E-state index contributed by atoms with van der Waals surface area (Å²) >= 11 is 0. The molecule has 1 aliphatic carbocycles. The molecule has 2 rings (SSSR count). The third-order valence-corrected chi connectivity index (χ3v) is 4.78. The summed E-state index contributed by atoms with van der Waals surface area (Å²) in [6.45, 7) is 4.51. The van der Waals surface area contributed by atoms with Gasteiger partial charge in [0.15, 0.2) is 0 Å². The summed E-state index contributed by atoms with van der Waals surface area (Å²) in [5, 5.41) is 0. The molecule has 1 aliphatic rings. The smallest absolute Gasteiger partial charge is 0.00705 e. The minimum atomic E-state index is 0.416. The molecule has 106 valence electrons. The number of nitrogens with two attached hydrogens (primary N) is 1. The Morgan fingerprint density at radius 3 is 2.37 bits per heavy atom. The minimum Gasteiger partial charge on any atom is -0.327 e. The molecule has 1 heteroatoms. The van der Waals surface area contributed by atoms with Crippen LogP contribution in [-0.2, 0) is 12.8 Å². The normalized spacial score (nSPS) is 27.4. The number of benzene rings is 1. The van der Waals surface area contributed by atoms with Gasteiger partial charge in [-0.15, -0.1) is 0 Å². The zero-order valence-corrected chi connectivity index (χ0v) is 12.6. The largest absolute Gasteiger partial charge is 0.327 e. The Hall–Kier alpha value is -0.820. The maximum Gasteiger partial charge on any atom is 0.00705 e. The highest BCUT2D eigenvalue weighted by molar-refractivity contribution is 5.23. The minimum absolute atomic E-state index is 0.416. The van der Waals surface area contributed by atoms with Gasteiger partial charge in [0.05, 0.1) is 0 Å². The van der Waals surface area contributed by atoms with E-state index in [1.807, 2.05) is 0 Å². The standard InChI is InChI=1S/C18H29N/c1-3-5-15-10-11-18(19)17(12-15)13-16-8-6-14(4-2)7-9-16/h6-9,15,17-18H,3-5,10-13,19H2,1-2H3. The van der Waals surface area contributed by atoms with Crippen molar-refractivity contribution in [3.63, 3.8) is 0 Å². The van der Waals surface area contributed by atoms with Gasteiger partial charge in [-0.05, 0) is 55.1 Å². The highest BCUT2D eigenvalue weighted by Gasteiger charge is 2.27. The first-order valence-electron chi connectivity index (χ1n) is 8.06. The molecule has 1 nitrogen and oxygen atoms in total. The van der Waals surface area contributed by atoms with Crippen molar-refractivity contribution in [2.75, 3.05) is 0 Å². The van der Waals surface area contributed by atoms with Crippen LogP contribution < -0.4 is 5.73 Å². The predicted octanol–water partition coefficient (Wildman–Crippen LogP) is 4.34. The molecule has 1 aromatic carbocycles. The average molecular weight is 259 g/mol. The molecule has 3 atom stereocenters. The van der Waals surface area contributed by atoms with Crippen LogP contribution in [0, 0.1) is 11.8 Å². The second kappa shape index (κ2) is 7.09. The van der Waals surface area contributed by atoms with Gasteiger partial charge in [-0.3, -0.25) is 0 Å². The average Bonchev–Trinajstić information content (AvgIpc) is 2.44. The summed E-state index contributed by atoms with van der Waals surface area (Å²) in [7, 11) is 0. The van der Waals surface area contributed by atoms with Crippen molar-refractivity contribution >= 4 is 0 Å². The van der Waals surface area contributed by atoms with Crippen molar-refractivity contribution in [2.45, 2.75) is 64.8 Å². The molecule has 0 radical (unpaired) electrons. The van der Waals surface area contributed by atoms with Crippen LogP contribution in [-0.4, -0.2) is 6.04 Å². The van der Waals surface area contributed by atoms with Crippen LogP contribution in [0.25, 0.3) is 0 Å². The maximum absolute atomic E-state index is 6.34. The molecule has 0 spiro atoms.